The van der Waals surface area contributed by atoms with E-state index >= 15 is 0 Å². The summed E-state index contributed by atoms with van der Waals surface area (Å²) in [6.07, 6.45) is 1.76. The first-order chi connectivity index (χ1) is 12.3. The predicted molar refractivity (Wildman–Crippen MR) is 111 cm³/mol. The Balaban J connectivity index is 0.00000261. The number of hydrogen-bond donors (Lipinski definition) is 1. The first-order valence-corrected chi connectivity index (χ1v) is 9.26. The summed E-state index contributed by atoms with van der Waals surface area (Å²) in [7, 11) is 0. The Morgan fingerprint density at radius 3 is 2.37 bits per heavy atom. The number of rotatable bonds is 5. The summed E-state index contributed by atoms with van der Waals surface area (Å²) in [5, 5.41) is 9.70. The summed E-state index contributed by atoms with van der Waals surface area (Å²) >= 11 is 2.25. The predicted octanol–water partition coefficient (Wildman–Crippen LogP) is 4.06. The van der Waals surface area contributed by atoms with Crippen molar-refractivity contribution in [3.8, 4) is 22.6 Å². The molecule has 0 amide bonds. The minimum absolute atomic E-state index is 0. The van der Waals surface area contributed by atoms with Gasteiger partial charge in [-0.2, -0.15) is 0 Å². The normalized spacial score (nSPS) is 11.0. The molecule has 3 aromatic rings. The fourth-order valence-electron chi connectivity index (χ4n) is 2.41. The zero-order valence-corrected chi connectivity index (χ0v) is 19.8. The van der Waals surface area contributed by atoms with E-state index in [0.717, 1.165) is 14.7 Å². The number of aliphatic hydroxyl groups is 1. The zero-order valence-electron chi connectivity index (χ0n) is 14.9. The van der Waals surface area contributed by atoms with Gasteiger partial charge in [-0.1, -0.05) is 17.8 Å². The van der Waals surface area contributed by atoms with Crippen molar-refractivity contribution in [1.29, 1.82) is 0 Å². The maximum atomic E-state index is 12.5. The van der Waals surface area contributed by atoms with Crippen LogP contribution in [0.25, 0.3) is 16.8 Å². The summed E-state index contributed by atoms with van der Waals surface area (Å²) in [6, 6.07) is 19.8. The molecule has 141 valence electrons. The molecule has 4 nitrogen and oxygen atoms in total. The Kier molecular flexibility index (Phi) is 7.41. The minimum atomic E-state index is -0.908. The van der Waals surface area contributed by atoms with Gasteiger partial charge >= 0.3 is 0 Å². The number of pyridine rings is 1. The molecule has 0 aliphatic carbocycles. The van der Waals surface area contributed by atoms with Gasteiger partial charge in [0.15, 0.2) is 0 Å². The molecule has 0 atom stereocenters. The van der Waals surface area contributed by atoms with Crippen LogP contribution >= 0.6 is 22.6 Å². The van der Waals surface area contributed by atoms with Crippen molar-refractivity contribution >= 4 is 22.6 Å². The molecule has 0 saturated heterocycles. The van der Waals surface area contributed by atoms with E-state index in [0.29, 0.717) is 11.4 Å². The molecule has 0 unspecified atom stereocenters. The quantitative estimate of drug-likeness (QED) is 0.337. The van der Waals surface area contributed by atoms with E-state index in [1.54, 1.807) is 48.9 Å². The van der Waals surface area contributed by atoms with E-state index in [-0.39, 0.29) is 32.6 Å². The molecule has 3 rings (SSSR count). The number of nitrogens with zero attached hydrogens (tertiary/aromatic N) is 1. The Hall–Kier alpha value is -1.46. The second kappa shape index (κ2) is 9.16. The maximum absolute atomic E-state index is 12.5. The van der Waals surface area contributed by atoms with E-state index in [4.69, 9.17) is 4.74 Å². The average molecular weight is 646 g/mol. The number of benzene rings is 2. The second-order valence-corrected chi connectivity index (χ2v) is 7.89. The van der Waals surface area contributed by atoms with Gasteiger partial charge in [0.2, 0.25) is 5.56 Å². The third-order valence-electron chi connectivity index (χ3n) is 3.72. The molecule has 0 aliphatic heterocycles. The molecule has 0 bridgehead atoms. The van der Waals surface area contributed by atoms with Crippen molar-refractivity contribution in [3.05, 3.63) is 80.8 Å². The van der Waals surface area contributed by atoms with Crippen molar-refractivity contribution in [2.24, 2.45) is 0 Å². The largest absolute Gasteiger partial charge is 0.516 e. The topological polar surface area (TPSA) is 51.5 Å². The van der Waals surface area contributed by atoms with Gasteiger partial charge in [0.25, 0.3) is 0 Å². The van der Waals surface area contributed by atoms with Crippen LogP contribution in [0.5, 0.6) is 5.75 Å². The third-order valence-corrected chi connectivity index (χ3v) is 4.44. The zero-order chi connectivity index (χ0) is 18.7. The summed E-state index contributed by atoms with van der Waals surface area (Å²) in [5.41, 5.74) is 1.59. The molecule has 0 fully saturated rings. The monoisotopic (exact) mass is 647 g/mol. The number of ether oxygens (including phenoxy) is 1. The van der Waals surface area contributed by atoms with E-state index in [1.165, 1.54) is 0 Å². The van der Waals surface area contributed by atoms with E-state index in [9.17, 15) is 9.90 Å². The Labute approximate surface area is 186 Å². The van der Waals surface area contributed by atoms with Gasteiger partial charge < -0.3 is 14.4 Å². The van der Waals surface area contributed by atoms with Crippen molar-refractivity contribution < 1.29 is 30.3 Å². The Morgan fingerprint density at radius 2 is 1.81 bits per heavy atom. The van der Waals surface area contributed by atoms with Crippen LogP contribution in [-0.4, -0.2) is 21.9 Å². The average Bonchev–Trinajstić information content (AvgIpc) is 2.60. The molecule has 0 aliphatic rings. The summed E-state index contributed by atoms with van der Waals surface area (Å²) in [6.45, 7) is 3.53. The molecule has 1 aromatic heterocycles. The van der Waals surface area contributed by atoms with Crippen LogP contribution < -0.4 is 10.3 Å². The van der Waals surface area contributed by atoms with E-state index in [1.807, 2.05) is 30.3 Å². The Morgan fingerprint density at radius 1 is 1.11 bits per heavy atom. The van der Waals surface area contributed by atoms with Gasteiger partial charge in [-0.05, 0) is 65.8 Å². The van der Waals surface area contributed by atoms with Crippen molar-refractivity contribution in [3.63, 3.8) is 0 Å². The fourth-order valence-corrected chi connectivity index (χ4v) is 2.77. The number of aromatic nitrogens is 1. The first kappa shape index (κ1) is 21.8. The molecule has 1 N–H and O–H groups in total. The maximum Gasteiger partial charge on any atom is 0.244 e. The van der Waals surface area contributed by atoms with Crippen LogP contribution in [-0.2, 0) is 20.4 Å². The standard InChI is InChI=1S/C21H19INO3.Re/c1-21(2,25)14-26-19-9-7-18(8-10-19)23-12-11-16(13-20(23)24)15-3-5-17(22)6-4-15;/h3-9,11-13,25H,14H2,1-2H3;/q-1;. The van der Waals surface area contributed by atoms with E-state index in [2.05, 4.69) is 28.7 Å². The summed E-state index contributed by atoms with van der Waals surface area (Å²) in [4.78, 5) is 12.5. The van der Waals surface area contributed by atoms with Gasteiger partial charge in [-0.3, -0.25) is 4.79 Å². The third kappa shape index (κ3) is 6.01. The van der Waals surface area contributed by atoms with Crippen LogP contribution in [0.2, 0.25) is 0 Å². The van der Waals surface area contributed by atoms with Gasteiger partial charge in [0.1, 0.15) is 6.61 Å². The van der Waals surface area contributed by atoms with Crippen LogP contribution in [0.15, 0.2) is 65.6 Å². The van der Waals surface area contributed by atoms with Gasteiger partial charge in [-0.25, -0.2) is 0 Å². The summed E-state index contributed by atoms with van der Waals surface area (Å²) < 4.78 is 8.20. The molecule has 0 saturated carbocycles. The van der Waals surface area contributed by atoms with E-state index < -0.39 is 5.60 Å². The van der Waals surface area contributed by atoms with Gasteiger partial charge in [-0.15, -0.1) is 24.3 Å². The smallest absolute Gasteiger partial charge is 0.244 e. The minimum Gasteiger partial charge on any atom is -0.516 e. The molecule has 1 heterocycles. The van der Waals surface area contributed by atoms with Crippen LogP contribution in [0.3, 0.4) is 0 Å². The van der Waals surface area contributed by atoms with Crippen LogP contribution in [0, 0.1) is 9.64 Å². The SMILES string of the molecule is CC(C)(O)COc1[c-]cc(-n2ccc(-c3ccc(I)cc3)cc2=O)cc1.[Re]. The molecule has 0 spiro atoms. The molecule has 6 heteroatoms. The molecule has 1 radical (unpaired) electrons. The van der Waals surface area contributed by atoms with Crippen LogP contribution in [0.4, 0.5) is 0 Å². The second-order valence-electron chi connectivity index (χ2n) is 6.64. The number of halogens is 1. The van der Waals surface area contributed by atoms with Crippen LogP contribution in [0.1, 0.15) is 13.8 Å². The van der Waals surface area contributed by atoms with Crippen molar-refractivity contribution in [2.75, 3.05) is 6.61 Å². The van der Waals surface area contributed by atoms with Crippen molar-refractivity contribution in [1.82, 2.24) is 4.57 Å². The molecular formula is C21H19INO3Re-. The fraction of sp³-hybridized carbons (Fsp3) is 0.190. The number of hydrogen-bond acceptors (Lipinski definition) is 3. The Bertz CT molecular complexity index is 945. The van der Waals surface area contributed by atoms with Gasteiger partial charge in [0, 0.05) is 42.0 Å². The molecular weight excluding hydrogens is 627 g/mol. The van der Waals surface area contributed by atoms with Crippen molar-refractivity contribution in [2.45, 2.75) is 19.4 Å². The van der Waals surface area contributed by atoms with Gasteiger partial charge in [0.05, 0.1) is 5.60 Å². The molecule has 27 heavy (non-hydrogen) atoms. The summed E-state index contributed by atoms with van der Waals surface area (Å²) in [5.74, 6) is 0.527. The first-order valence-electron chi connectivity index (χ1n) is 8.18. The molecule has 2 aromatic carbocycles.